The van der Waals surface area contributed by atoms with Gasteiger partial charge >= 0.3 is 0 Å². The standard InChI is InChI=1S/C21H14ClN3O2S/c22-16-5-3-4-14(12-16)8-11-21-24-18-10-9-15(13-19(18)25-21)17-6-1-2-7-20(17)28(23,26)27/h1-7,9-10,12-13H,(H,24,25)(H2,23,26,27). The maximum absolute atomic E-state index is 11.9. The molecule has 0 atom stereocenters. The van der Waals surface area contributed by atoms with Gasteiger partial charge in [0.15, 0.2) is 5.82 Å². The minimum Gasteiger partial charge on any atom is -0.331 e. The summed E-state index contributed by atoms with van der Waals surface area (Å²) in [6, 6.07) is 19.3. The molecule has 138 valence electrons. The van der Waals surface area contributed by atoms with Crippen molar-refractivity contribution >= 4 is 32.7 Å². The number of aromatic nitrogens is 2. The predicted octanol–water partition coefficient (Wildman–Crippen LogP) is 3.93. The number of nitrogens with two attached hydrogens (primary N) is 1. The summed E-state index contributed by atoms with van der Waals surface area (Å²) in [5, 5.41) is 5.96. The molecule has 0 radical (unpaired) electrons. The van der Waals surface area contributed by atoms with Crippen molar-refractivity contribution < 1.29 is 8.42 Å². The molecule has 0 unspecified atom stereocenters. The molecule has 5 nitrogen and oxygen atoms in total. The molecule has 1 aromatic heterocycles. The lowest BCUT2D eigenvalue weighted by Gasteiger charge is -2.07. The van der Waals surface area contributed by atoms with Gasteiger partial charge in [0.05, 0.1) is 15.9 Å². The summed E-state index contributed by atoms with van der Waals surface area (Å²) in [5.41, 5.74) is 3.52. The third kappa shape index (κ3) is 3.78. The summed E-state index contributed by atoms with van der Waals surface area (Å²) in [6.45, 7) is 0. The quantitative estimate of drug-likeness (QED) is 0.493. The Hall–Kier alpha value is -3.11. The number of hydrogen-bond donors (Lipinski definition) is 2. The van der Waals surface area contributed by atoms with Crippen LogP contribution in [-0.4, -0.2) is 18.4 Å². The molecular weight excluding hydrogens is 394 g/mol. The lowest BCUT2D eigenvalue weighted by molar-refractivity contribution is 0.598. The zero-order valence-electron chi connectivity index (χ0n) is 14.5. The first kappa shape index (κ1) is 18.3. The van der Waals surface area contributed by atoms with E-state index in [9.17, 15) is 8.42 Å². The van der Waals surface area contributed by atoms with Crippen LogP contribution in [0, 0.1) is 11.8 Å². The van der Waals surface area contributed by atoms with Crippen molar-refractivity contribution in [1.82, 2.24) is 9.97 Å². The SMILES string of the molecule is NS(=O)(=O)c1ccccc1-c1ccc2nc(C#Cc3cccc(Cl)c3)[nH]c2c1. The Labute approximate surface area is 167 Å². The van der Waals surface area contributed by atoms with E-state index in [0.717, 1.165) is 22.2 Å². The molecule has 4 rings (SSSR count). The monoisotopic (exact) mass is 407 g/mol. The lowest BCUT2D eigenvalue weighted by Crippen LogP contribution is -2.13. The predicted molar refractivity (Wildman–Crippen MR) is 110 cm³/mol. The number of nitrogens with zero attached hydrogens (tertiary/aromatic N) is 1. The number of benzene rings is 3. The average molecular weight is 408 g/mol. The summed E-state index contributed by atoms with van der Waals surface area (Å²) in [6.07, 6.45) is 0. The number of sulfonamides is 1. The Morgan fingerprint density at radius 3 is 2.57 bits per heavy atom. The second-order valence-corrected chi connectivity index (χ2v) is 8.09. The largest absolute Gasteiger partial charge is 0.331 e. The third-order valence-electron chi connectivity index (χ3n) is 4.14. The van der Waals surface area contributed by atoms with Crippen molar-refractivity contribution in [1.29, 1.82) is 0 Å². The van der Waals surface area contributed by atoms with E-state index in [-0.39, 0.29) is 4.90 Å². The van der Waals surface area contributed by atoms with Crippen LogP contribution in [0.2, 0.25) is 5.02 Å². The average Bonchev–Trinajstić information content (AvgIpc) is 3.08. The molecular formula is C21H14ClN3O2S. The van der Waals surface area contributed by atoms with Crippen LogP contribution in [0.25, 0.3) is 22.2 Å². The topological polar surface area (TPSA) is 88.8 Å². The first-order chi connectivity index (χ1) is 13.4. The number of aromatic amines is 1. The number of fused-ring (bicyclic) bond motifs is 1. The second kappa shape index (κ2) is 7.13. The first-order valence-electron chi connectivity index (χ1n) is 8.30. The number of rotatable bonds is 2. The van der Waals surface area contributed by atoms with E-state index in [0.29, 0.717) is 16.4 Å². The highest BCUT2D eigenvalue weighted by Crippen LogP contribution is 2.28. The number of imidazole rings is 1. The summed E-state index contributed by atoms with van der Waals surface area (Å²) >= 11 is 5.97. The molecule has 0 aliphatic carbocycles. The van der Waals surface area contributed by atoms with Gasteiger partial charge in [-0.3, -0.25) is 0 Å². The van der Waals surface area contributed by atoms with E-state index in [2.05, 4.69) is 21.8 Å². The van der Waals surface area contributed by atoms with Gasteiger partial charge in [0, 0.05) is 16.1 Å². The molecule has 0 bridgehead atoms. The van der Waals surface area contributed by atoms with E-state index in [1.165, 1.54) is 6.07 Å². The van der Waals surface area contributed by atoms with Gasteiger partial charge in [0.25, 0.3) is 0 Å². The molecule has 0 amide bonds. The molecule has 28 heavy (non-hydrogen) atoms. The normalized spacial score (nSPS) is 11.2. The highest BCUT2D eigenvalue weighted by atomic mass is 35.5. The van der Waals surface area contributed by atoms with Crippen LogP contribution >= 0.6 is 11.6 Å². The van der Waals surface area contributed by atoms with Crippen LogP contribution in [0.5, 0.6) is 0 Å². The van der Waals surface area contributed by atoms with Gasteiger partial charge in [-0.05, 0) is 47.9 Å². The van der Waals surface area contributed by atoms with Gasteiger partial charge < -0.3 is 4.98 Å². The number of H-pyrrole nitrogens is 1. The van der Waals surface area contributed by atoms with Crippen molar-refractivity contribution in [2.75, 3.05) is 0 Å². The smallest absolute Gasteiger partial charge is 0.238 e. The van der Waals surface area contributed by atoms with Gasteiger partial charge in [0.1, 0.15) is 0 Å². The van der Waals surface area contributed by atoms with Crippen molar-refractivity contribution in [3.05, 3.63) is 83.1 Å². The Morgan fingerprint density at radius 1 is 0.964 bits per heavy atom. The summed E-state index contributed by atoms with van der Waals surface area (Å²) in [7, 11) is -3.83. The van der Waals surface area contributed by atoms with Gasteiger partial charge in [-0.15, -0.1) is 0 Å². The van der Waals surface area contributed by atoms with Crippen LogP contribution in [0.3, 0.4) is 0 Å². The maximum Gasteiger partial charge on any atom is 0.238 e. The zero-order valence-corrected chi connectivity index (χ0v) is 16.1. The van der Waals surface area contributed by atoms with Crippen LogP contribution in [0.15, 0.2) is 71.6 Å². The van der Waals surface area contributed by atoms with Crippen LogP contribution < -0.4 is 5.14 Å². The van der Waals surface area contributed by atoms with E-state index in [1.54, 1.807) is 36.4 Å². The van der Waals surface area contributed by atoms with Gasteiger partial charge in [0.2, 0.25) is 10.0 Å². The molecule has 0 spiro atoms. The van der Waals surface area contributed by atoms with E-state index in [4.69, 9.17) is 16.7 Å². The van der Waals surface area contributed by atoms with Gasteiger partial charge in [-0.1, -0.05) is 47.9 Å². The first-order valence-corrected chi connectivity index (χ1v) is 10.2. The summed E-state index contributed by atoms with van der Waals surface area (Å²) in [5.74, 6) is 6.50. The highest BCUT2D eigenvalue weighted by molar-refractivity contribution is 7.89. The molecule has 7 heteroatoms. The van der Waals surface area contributed by atoms with Crippen molar-refractivity contribution in [3.63, 3.8) is 0 Å². The van der Waals surface area contributed by atoms with E-state index in [1.807, 2.05) is 24.3 Å². The van der Waals surface area contributed by atoms with Crippen molar-refractivity contribution in [3.8, 4) is 23.0 Å². The minimum atomic E-state index is -3.83. The maximum atomic E-state index is 11.9. The fourth-order valence-electron chi connectivity index (χ4n) is 2.89. The fraction of sp³-hybridized carbons (Fsp3) is 0. The van der Waals surface area contributed by atoms with E-state index >= 15 is 0 Å². The van der Waals surface area contributed by atoms with Crippen molar-refractivity contribution in [2.24, 2.45) is 5.14 Å². The van der Waals surface area contributed by atoms with Gasteiger partial charge in [-0.2, -0.15) is 0 Å². The molecule has 4 aromatic rings. The molecule has 0 saturated carbocycles. The second-order valence-electron chi connectivity index (χ2n) is 6.12. The van der Waals surface area contributed by atoms with Crippen LogP contribution in [0.4, 0.5) is 0 Å². The molecule has 3 N–H and O–H groups in total. The zero-order chi connectivity index (χ0) is 19.7. The van der Waals surface area contributed by atoms with Crippen molar-refractivity contribution in [2.45, 2.75) is 4.90 Å². The van der Waals surface area contributed by atoms with Gasteiger partial charge in [-0.25, -0.2) is 18.5 Å². The third-order valence-corrected chi connectivity index (χ3v) is 5.34. The van der Waals surface area contributed by atoms with Crippen LogP contribution in [-0.2, 0) is 10.0 Å². The summed E-state index contributed by atoms with van der Waals surface area (Å²) in [4.78, 5) is 7.68. The Morgan fingerprint density at radius 2 is 1.79 bits per heavy atom. The number of nitrogens with one attached hydrogen (secondary N) is 1. The molecule has 0 aliphatic heterocycles. The molecule has 0 fully saturated rings. The minimum absolute atomic E-state index is 0.0786. The summed E-state index contributed by atoms with van der Waals surface area (Å²) < 4.78 is 23.7. The molecule has 0 aliphatic rings. The molecule has 1 heterocycles. The Balaban J connectivity index is 1.75. The number of primary sulfonamides is 1. The number of halogens is 1. The molecule has 3 aromatic carbocycles. The molecule has 0 saturated heterocycles. The Bertz CT molecular complexity index is 1370. The number of hydrogen-bond acceptors (Lipinski definition) is 3. The fourth-order valence-corrected chi connectivity index (χ4v) is 3.84. The van der Waals surface area contributed by atoms with Crippen LogP contribution in [0.1, 0.15) is 11.4 Å². The highest BCUT2D eigenvalue weighted by Gasteiger charge is 2.15. The van der Waals surface area contributed by atoms with E-state index < -0.39 is 10.0 Å². The lowest BCUT2D eigenvalue weighted by atomic mass is 10.1. The Kier molecular flexibility index (Phi) is 4.65.